The minimum Gasteiger partial charge on any atom is -0.497 e. The molecule has 0 bridgehead atoms. The molecule has 100 valence electrons. The van der Waals surface area contributed by atoms with Crippen molar-refractivity contribution in [3.8, 4) is 11.5 Å². The first-order valence-corrected chi connectivity index (χ1v) is 5.71. The minimum absolute atomic E-state index is 0.301. The number of hydrogen-bond donors (Lipinski definition) is 1. The molecule has 0 aliphatic carbocycles. The third kappa shape index (κ3) is 3.48. The lowest BCUT2D eigenvalue weighted by Gasteiger charge is -2.13. The molecule has 1 aromatic heterocycles. The zero-order chi connectivity index (χ0) is 13.7. The summed E-state index contributed by atoms with van der Waals surface area (Å²) < 4.78 is 15.2. The van der Waals surface area contributed by atoms with Crippen LogP contribution < -0.4 is 14.8 Å². The van der Waals surface area contributed by atoms with Crippen LogP contribution in [0.15, 0.2) is 41.1 Å². The van der Waals surface area contributed by atoms with Crippen molar-refractivity contribution in [3.63, 3.8) is 0 Å². The lowest BCUT2D eigenvalue weighted by atomic mass is 10.3. The smallest absolute Gasteiger partial charge is 0.266 e. The third-order valence-electron chi connectivity index (χ3n) is 2.43. The molecule has 2 aromatic rings. The number of ether oxygens (including phenoxy) is 2. The number of benzene rings is 1. The largest absolute Gasteiger partial charge is 0.497 e. The van der Waals surface area contributed by atoms with Gasteiger partial charge in [-0.25, -0.2) is 0 Å². The molecule has 1 atom stereocenters. The van der Waals surface area contributed by atoms with Crippen LogP contribution in [0.25, 0.3) is 0 Å². The second-order valence-electron chi connectivity index (χ2n) is 3.81. The van der Waals surface area contributed by atoms with Crippen LogP contribution in [-0.2, 0) is 4.79 Å². The van der Waals surface area contributed by atoms with Crippen LogP contribution in [0.1, 0.15) is 6.92 Å². The minimum atomic E-state index is -0.648. The van der Waals surface area contributed by atoms with Crippen LogP contribution in [0.5, 0.6) is 11.5 Å². The van der Waals surface area contributed by atoms with Crippen molar-refractivity contribution >= 4 is 11.7 Å². The van der Waals surface area contributed by atoms with Gasteiger partial charge in [-0.05, 0) is 31.2 Å². The first-order chi connectivity index (χ1) is 9.19. The van der Waals surface area contributed by atoms with Gasteiger partial charge in [0, 0.05) is 6.07 Å². The Balaban J connectivity index is 1.92. The number of carbonyl (C=O) groups is 1. The van der Waals surface area contributed by atoms with E-state index in [0.29, 0.717) is 11.6 Å². The molecule has 2 rings (SSSR count). The maximum Gasteiger partial charge on any atom is 0.266 e. The normalized spacial score (nSPS) is 11.7. The quantitative estimate of drug-likeness (QED) is 0.893. The number of aromatic nitrogens is 1. The Labute approximate surface area is 110 Å². The predicted molar refractivity (Wildman–Crippen MR) is 68.2 cm³/mol. The van der Waals surface area contributed by atoms with Crippen molar-refractivity contribution in [2.24, 2.45) is 0 Å². The monoisotopic (exact) mass is 262 g/mol. The summed E-state index contributed by atoms with van der Waals surface area (Å²) in [4.78, 5) is 11.8. The second kappa shape index (κ2) is 5.90. The predicted octanol–water partition coefficient (Wildman–Crippen LogP) is 2.09. The molecule has 0 unspecified atom stereocenters. The first kappa shape index (κ1) is 12.9. The summed E-state index contributed by atoms with van der Waals surface area (Å²) >= 11 is 0. The lowest BCUT2D eigenvalue weighted by Crippen LogP contribution is -2.30. The van der Waals surface area contributed by atoms with E-state index >= 15 is 0 Å². The Morgan fingerprint density at radius 2 is 1.95 bits per heavy atom. The van der Waals surface area contributed by atoms with Gasteiger partial charge < -0.3 is 19.3 Å². The Morgan fingerprint density at radius 3 is 2.53 bits per heavy atom. The Hall–Kier alpha value is -2.50. The molecular weight excluding hydrogens is 248 g/mol. The maximum atomic E-state index is 11.8. The summed E-state index contributed by atoms with van der Waals surface area (Å²) in [7, 11) is 1.59. The van der Waals surface area contributed by atoms with Crippen molar-refractivity contribution in [1.29, 1.82) is 0 Å². The molecule has 1 amide bonds. The Bertz CT molecular complexity index is 522. The van der Waals surface area contributed by atoms with E-state index in [-0.39, 0.29) is 5.91 Å². The van der Waals surface area contributed by atoms with Gasteiger partial charge in [0.2, 0.25) is 0 Å². The van der Waals surface area contributed by atoms with E-state index in [4.69, 9.17) is 9.47 Å². The van der Waals surface area contributed by atoms with E-state index < -0.39 is 6.10 Å². The molecular formula is C13H14N2O4. The highest BCUT2D eigenvalue weighted by Crippen LogP contribution is 2.18. The van der Waals surface area contributed by atoms with Crippen molar-refractivity contribution in [2.75, 3.05) is 12.4 Å². The molecule has 0 aliphatic heterocycles. The summed E-state index contributed by atoms with van der Waals surface area (Å²) in [6.45, 7) is 1.65. The van der Waals surface area contributed by atoms with E-state index in [1.807, 2.05) is 0 Å². The second-order valence-corrected chi connectivity index (χ2v) is 3.81. The molecule has 0 spiro atoms. The molecule has 0 saturated heterocycles. The Morgan fingerprint density at radius 1 is 1.26 bits per heavy atom. The zero-order valence-electron chi connectivity index (χ0n) is 10.6. The van der Waals surface area contributed by atoms with Gasteiger partial charge in [0.15, 0.2) is 11.9 Å². The number of nitrogens with zero attached hydrogens (tertiary/aromatic N) is 1. The molecule has 19 heavy (non-hydrogen) atoms. The molecule has 1 aromatic carbocycles. The molecule has 0 fully saturated rings. The molecule has 6 nitrogen and oxygen atoms in total. The maximum absolute atomic E-state index is 11.8. The van der Waals surface area contributed by atoms with Crippen LogP contribution in [0.4, 0.5) is 5.82 Å². The number of carbonyl (C=O) groups excluding carboxylic acids is 1. The van der Waals surface area contributed by atoms with Gasteiger partial charge in [-0.3, -0.25) is 4.79 Å². The zero-order valence-corrected chi connectivity index (χ0v) is 10.6. The number of anilines is 1. The van der Waals surface area contributed by atoms with Gasteiger partial charge in [0.05, 0.1) is 7.11 Å². The standard InChI is InChI=1S/C13H14N2O4/c1-9(13(16)14-12-7-8-18-15-12)19-11-5-3-10(17-2)4-6-11/h3-9H,1-2H3,(H,14,15,16)/t9-/m0/s1. The lowest BCUT2D eigenvalue weighted by molar-refractivity contribution is -0.122. The number of methoxy groups -OCH3 is 1. The average molecular weight is 262 g/mol. The van der Waals surface area contributed by atoms with E-state index in [0.717, 1.165) is 5.75 Å². The summed E-state index contributed by atoms with van der Waals surface area (Å²) in [6, 6.07) is 8.55. The van der Waals surface area contributed by atoms with Gasteiger partial charge in [-0.15, -0.1) is 0 Å². The summed E-state index contributed by atoms with van der Waals surface area (Å²) in [6.07, 6.45) is 0.732. The summed E-state index contributed by atoms with van der Waals surface area (Å²) in [5.41, 5.74) is 0. The number of rotatable bonds is 5. The topological polar surface area (TPSA) is 73.6 Å². The van der Waals surface area contributed by atoms with Crippen LogP contribution in [0.2, 0.25) is 0 Å². The fourth-order valence-corrected chi connectivity index (χ4v) is 1.42. The molecule has 0 radical (unpaired) electrons. The molecule has 0 aliphatic rings. The molecule has 1 heterocycles. The highest BCUT2D eigenvalue weighted by Gasteiger charge is 2.15. The number of nitrogens with one attached hydrogen (secondary N) is 1. The molecule has 0 saturated carbocycles. The van der Waals surface area contributed by atoms with E-state index in [1.165, 1.54) is 6.26 Å². The van der Waals surface area contributed by atoms with Crippen LogP contribution in [0.3, 0.4) is 0 Å². The number of hydrogen-bond acceptors (Lipinski definition) is 5. The van der Waals surface area contributed by atoms with Crippen LogP contribution in [0, 0.1) is 0 Å². The van der Waals surface area contributed by atoms with Gasteiger partial charge in [0.25, 0.3) is 5.91 Å². The van der Waals surface area contributed by atoms with E-state index in [1.54, 1.807) is 44.4 Å². The van der Waals surface area contributed by atoms with Crippen LogP contribution >= 0.6 is 0 Å². The summed E-state index contributed by atoms with van der Waals surface area (Å²) in [5.74, 6) is 1.37. The fraction of sp³-hybridized carbons (Fsp3) is 0.231. The van der Waals surface area contributed by atoms with Crippen molar-refractivity contribution in [2.45, 2.75) is 13.0 Å². The van der Waals surface area contributed by atoms with E-state index in [9.17, 15) is 4.79 Å². The van der Waals surface area contributed by atoms with Gasteiger partial charge in [-0.1, -0.05) is 5.16 Å². The van der Waals surface area contributed by atoms with Crippen molar-refractivity contribution in [3.05, 3.63) is 36.6 Å². The SMILES string of the molecule is COc1ccc(O[C@@H](C)C(=O)Nc2ccon2)cc1. The molecule has 6 heteroatoms. The van der Waals surface area contributed by atoms with Gasteiger partial charge >= 0.3 is 0 Å². The van der Waals surface area contributed by atoms with Crippen LogP contribution in [-0.4, -0.2) is 24.3 Å². The van der Waals surface area contributed by atoms with Crippen molar-refractivity contribution < 1.29 is 18.8 Å². The van der Waals surface area contributed by atoms with E-state index in [2.05, 4.69) is 15.0 Å². The first-order valence-electron chi connectivity index (χ1n) is 5.71. The third-order valence-corrected chi connectivity index (χ3v) is 2.43. The summed E-state index contributed by atoms with van der Waals surface area (Å²) in [5, 5.41) is 6.16. The fourth-order valence-electron chi connectivity index (χ4n) is 1.42. The average Bonchev–Trinajstić information content (AvgIpc) is 2.92. The van der Waals surface area contributed by atoms with Crippen molar-refractivity contribution in [1.82, 2.24) is 5.16 Å². The van der Waals surface area contributed by atoms with Gasteiger partial charge in [0.1, 0.15) is 17.8 Å². The Kier molecular flexibility index (Phi) is 4.02. The number of amides is 1. The highest BCUT2D eigenvalue weighted by atomic mass is 16.5. The molecule has 1 N–H and O–H groups in total. The highest BCUT2D eigenvalue weighted by molar-refractivity contribution is 5.93. The van der Waals surface area contributed by atoms with Gasteiger partial charge in [-0.2, -0.15) is 0 Å².